The van der Waals surface area contributed by atoms with E-state index in [2.05, 4.69) is 21.3 Å². The van der Waals surface area contributed by atoms with Gasteiger partial charge < -0.3 is 0 Å². The summed E-state index contributed by atoms with van der Waals surface area (Å²) in [4.78, 5) is 11.7. The Morgan fingerprint density at radius 1 is 1.67 bits per heavy atom. The Kier molecular flexibility index (Phi) is 3.23. The maximum Gasteiger partial charge on any atom is 0.152 e. The number of ketones is 1. The smallest absolute Gasteiger partial charge is 0.152 e. The first-order chi connectivity index (χ1) is 5.61. The number of allylic oxidation sites excluding steroid dienone is 1. The number of thiophene rings is 1. The van der Waals surface area contributed by atoms with Gasteiger partial charge in [0.05, 0.1) is 0 Å². The normalized spacial score (nSPS) is 10.9. The molecular weight excluding hydrogens is 236 g/mol. The SMILES string of the molecule is CC(=O)/C=C/c1scc(C)c1Br. The molecule has 3 heteroatoms. The Labute approximate surface area is 84.2 Å². The highest BCUT2D eigenvalue weighted by atomic mass is 79.9. The number of carbonyl (C=O) groups excluding carboxylic acids is 1. The van der Waals surface area contributed by atoms with Crippen molar-refractivity contribution in [1.82, 2.24) is 0 Å². The summed E-state index contributed by atoms with van der Waals surface area (Å²) in [7, 11) is 0. The van der Waals surface area contributed by atoms with Crippen LogP contribution in [-0.4, -0.2) is 5.78 Å². The predicted molar refractivity (Wildman–Crippen MR) is 56.5 cm³/mol. The van der Waals surface area contributed by atoms with E-state index in [9.17, 15) is 4.79 Å². The van der Waals surface area contributed by atoms with Gasteiger partial charge in [-0.2, -0.15) is 0 Å². The molecule has 12 heavy (non-hydrogen) atoms. The zero-order chi connectivity index (χ0) is 9.14. The molecule has 0 bridgehead atoms. The quantitative estimate of drug-likeness (QED) is 0.729. The molecule has 0 aliphatic rings. The zero-order valence-corrected chi connectivity index (χ0v) is 9.33. The van der Waals surface area contributed by atoms with Crippen molar-refractivity contribution < 1.29 is 4.79 Å². The molecule has 0 saturated heterocycles. The van der Waals surface area contributed by atoms with Crippen LogP contribution in [0.1, 0.15) is 17.4 Å². The number of halogens is 1. The molecule has 0 N–H and O–H groups in total. The first-order valence-electron chi connectivity index (χ1n) is 3.53. The van der Waals surface area contributed by atoms with Crippen molar-refractivity contribution >= 4 is 39.1 Å². The average molecular weight is 245 g/mol. The zero-order valence-electron chi connectivity index (χ0n) is 6.93. The van der Waals surface area contributed by atoms with Gasteiger partial charge in [0.15, 0.2) is 5.78 Å². The van der Waals surface area contributed by atoms with Gasteiger partial charge in [-0.15, -0.1) is 11.3 Å². The number of aryl methyl sites for hydroxylation is 1. The Bertz CT molecular complexity index is 325. The highest BCUT2D eigenvalue weighted by molar-refractivity contribution is 9.10. The van der Waals surface area contributed by atoms with Gasteiger partial charge >= 0.3 is 0 Å². The van der Waals surface area contributed by atoms with E-state index in [0.717, 1.165) is 9.35 Å². The Hall–Kier alpha value is -0.410. The number of hydrogen-bond acceptors (Lipinski definition) is 2. The summed E-state index contributed by atoms with van der Waals surface area (Å²) >= 11 is 5.08. The highest BCUT2D eigenvalue weighted by Gasteiger charge is 2.01. The molecule has 0 atom stereocenters. The van der Waals surface area contributed by atoms with Crippen molar-refractivity contribution in [3.05, 3.63) is 26.4 Å². The van der Waals surface area contributed by atoms with Crippen molar-refractivity contribution in [2.75, 3.05) is 0 Å². The van der Waals surface area contributed by atoms with E-state index in [-0.39, 0.29) is 5.78 Å². The Balaban J connectivity index is 2.90. The predicted octanol–water partition coefficient (Wildman–Crippen LogP) is 3.42. The maximum absolute atomic E-state index is 10.6. The van der Waals surface area contributed by atoms with Crippen LogP contribution in [0.4, 0.5) is 0 Å². The van der Waals surface area contributed by atoms with Crippen LogP contribution in [-0.2, 0) is 4.79 Å². The first kappa shape index (κ1) is 9.68. The summed E-state index contributed by atoms with van der Waals surface area (Å²) in [6.07, 6.45) is 3.42. The summed E-state index contributed by atoms with van der Waals surface area (Å²) in [6, 6.07) is 0. The van der Waals surface area contributed by atoms with Gasteiger partial charge in [-0.25, -0.2) is 0 Å². The van der Waals surface area contributed by atoms with Crippen LogP contribution >= 0.6 is 27.3 Å². The lowest BCUT2D eigenvalue weighted by Gasteiger charge is -1.88. The van der Waals surface area contributed by atoms with Crippen molar-refractivity contribution in [2.45, 2.75) is 13.8 Å². The molecule has 0 spiro atoms. The third-order valence-corrected chi connectivity index (χ3v) is 3.78. The van der Waals surface area contributed by atoms with Crippen LogP contribution in [0.15, 0.2) is 15.9 Å². The molecule has 0 unspecified atom stereocenters. The first-order valence-corrected chi connectivity index (χ1v) is 5.20. The summed E-state index contributed by atoms with van der Waals surface area (Å²) < 4.78 is 1.09. The van der Waals surface area contributed by atoms with E-state index in [0.29, 0.717) is 0 Å². The fraction of sp³-hybridized carbons (Fsp3) is 0.222. The summed E-state index contributed by atoms with van der Waals surface area (Å²) in [5, 5.41) is 2.06. The lowest BCUT2D eigenvalue weighted by Crippen LogP contribution is -1.78. The molecule has 1 heterocycles. The maximum atomic E-state index is 10.6. The number of rotatable bonds is 2. The third kappa shape index (κ3) is 2.29. The van der Waals surface area contributed by atoms with Crippen LogP contribution in [0, 0.1) is 6.92 Å². The van der Waals surface area contributed by atoms with Gasteiger partial charge in [-0.05, 0) is 52.9 Å². The summed E-state index contributed by atoms with van der Waals surface area (Å²) in [5.41, 5.74) is 1.21. The van der Waals surface area contributed by atoms with Crippen LogP contribution in [0.5, 0.6) is 0 Å². The minimum Gasteiger partial charge on any atom is -0.295 e. The van der Waals surface area contributed by atoms with Gasteiger partial charge in [0.2, 0.25) is 0 Å². The van der Waals surface area contributed by atoms with Crippen LogP contribution < -0.4 is 0 Å². The fourth-order valence-electron chi connectivity index (χ4n) is 0.755. The van der Waals surface area contributed by atoms with Gasteiger partial charge in [0, 0.05) is 9.35 Å². The highest BCUT2D eigenvalue weighted by Crippen LogP contribution is 2.28. The minimum absolute atomic E-state index is 0.0768. The lowest BCUT2D eigenvalue weighted by atomic mass is 10.3. The molecular formula is C9H9BrOS. The molecule has 1 aromatic rings. The molecule has 1 rings (SSSR count). The summed E-state index contributed by atoms with van der Waals surface area (Å²) in [5.74, 6) is 0.0768. The van der Waals surface area contributed by atoms with E-state index in [1.807, 2.05) is 13.0 Å². The van der Waals surface area contributed by atoms with Crippen LogP contribution in [0.3, 0.4) is 0 Å². The van der Waals surface area contributed by atoms with E-state index in [1.54, 1.807) is 24.3 Å². The fourth-order valence-corrected chi connectivity index (χ4v) is 2.27. The second-order valence-corrected chi connectivity index (χ2v) is 4.25. The molecule has 0 saturated carbocycles. The monoisotopic (exact) mass is 244 g/mol. The topological polar surface area (TPSA) is 17.1 Å². The average Bonchev–Trinajstić information content (AvgIpc) is 2.30. The van der Waals surface area contributed by atoms with Crippen molar-refractivity contribution in [2.24, 2.45) is 0 Å². The van der Waals surface area contributed by atoms with Crippen LogP contribution in [0.2, 0.25) is 0 Å². The van der Waals surface area contributed by atoms with E-state index < -0.39 is 0 Å². The Morgan fingerprint density at radius 3 is 2.75 bits per heavy atom. The molecule has 0 fully saturated rings. The van der Waals surface area contributed by atoms with Gasteiger partial charge in [0.25, 0.3) is 0 Å². The van der Waals surface area contributed by atoms with Crippen molar-refractivity contribution in [1.29, 1.82) is 0 Å². The van der Waals surface area contributed by atoms with Crippen molar-refractivity contribution in [3.8, 4) is 0 Å². The third-order valence-electron chi connectivity index (χ3n) is 1.39. The number of hydrogen-bond donors (Lipinski definition) is 0. The molecule has 0 aliphatic carbocycles. The Morgan fingerprint density at radius 2 is 2.33 bits per heavy atom. The molecule has 1 nitrogen and oxygen atoms in total. The van der Waals surface area contributed by atoms with Gasteiger partial charge in [-0.3, -0.25) is 4.79 Å². The number of carbonyl (C=O) groups is 1. The lowest BCUT2D eigenvalue weighted by molar-refractivity contribution is -0.112. The summed E-state index contributed by atoms with van der Waals surface area (Å²) in [6.45, 7) is 3.58. The van der Waals surface area contributed by atoms with Gasteiger partial charge in [-0.1, -0.05) is 0 Å². The molecule has 0 radical (unpaired) electrons. The van der Waals surface area contributed by atoms with E-state index in [1.165, 1.54) is 5.56 Å². The molecule has 64 valence electrons. The second-order valence-electron chi connectivity index (χ2n) is 2.54. The van der Waals surface area contributed by atoms with Crippen LogP contribution in [0.25, 0.3) is 6.08 Å². The van der Waals surface area contributed by atoms with Gasteiger partial charge in [0.1, 0.15) is 0 Å². The molecule has 0 aromatic carbocycles. The second kappa shape index (κ2) is 4.01. The van der Waals surface area contributed by atoms with E-state index >= 15 is 0 Å². The minimum atomic E-state index is 0.0768. The van der Waals surface area contributed by atoms with Crippen molar-refractivity contribution in [3.63, 3.8) is 0 Å². The molecule has 1 aromatic heterocycles. The largest absolute Gasteiger partial charge is 0.295 e. The van der Waals surface area contributed by atoms with E-state index in [4.69, 9.17) is 0 Å². The molecule has 0 aliphatic heterocycles. The standard InChI is InChI=1S/C9H9BrOS/c1-6-5-12-8(9(6)10)4-3-7(2)11/h3-5H,1-2H3/b4-3+. The molecule has 0 amide bonds.